The number of benzene rings is 2. The molecule has 0 bridgehead atoms. The van der Waals surface area contributed by atoms with Gasteiger partial charge >= 0.3 is 0 Å². The minimum atomic E-state index is -0.309. The summed E-state index contributed by atoms with van der Waals surface area (Å²) in [6, 6.07) is 16.0. The first-order chi connectivity index (χ1) is 18.3. The van der Waals surface area contributed by atoms with Gasteiger partial charge in [-0.1, -0.05) is 29.8 Å². The fourth-order valence-corrected chi connectivity index (χ4v) is 5.01. The van der Waals surface area contributed by atoms with Crippen LogP contribution in [0.2, 0.25) is 5.02 Å². The summed E-state index contributed by atoms with van der Waals surface area (Å²) in [6.07, 6.45) is 3.42. The number of amides is 1. The Balaban J connectivity index is 1.46. The number of nitrogens with zero attached hydrogens (tertiary/aromatic N) is 5. The maximum absolute atomic E-state index is 13.6. The zero-order chi connectivity index (χ0) is 26.6. The molecule has 0 unspecified atom stereocenters. The van der Waals surface area contributed by atoms with Crippen LogP contribution in [0.3, 0.4) is 0 Å². The van der Waals surface area contributed by atoms with Gasteiger partial charge < -0.3 is 14.9 Å². The highest BCUT2D eigenvalue weighted by Crippen LogP contribution is 2.29. The minimum Gasteiger partial charge on any atom is -0.393 e. The van der Waals surface area contributed by atoms with Gasteiger partial charge in [-0.05, 0) is 68.1 Å². The van der Waals surface area contributed by atoms with Gasteiger partial charge in [0.25, 0.3) is 0 Å². The van der Waals surface area contributed by atoms with Crippen molar-refractivity contribution in [3.63, 3.8) is 0 Å². The molecule has 0 atom stereocenters. The Hall–Kier alpha value is -3.49. The fourth-order valence-electron chi connectivity index (χ4n) is 4.84. The number of hydrogen-bond donors (Lipinski definition) is 1. The maximum Gasteiger partial charge on any atom is 0.244 e. The van der Waals surface area contributed by atoms with Crippen LogP contribution in [-0.2, 0) is 24.3 Å². The molecule has 2 aromatic carbocycles. The highest BCUT2D eigenvalue weighted by atomic mass is 35.5. The molecule has 1 aliphatic heterocycles. The Kier molecular flexibility index (Phi) is 7.90. The van der Waals surface area contributed by atoms with Crippen LogP contribution in [0.25, 0.3) is 10.9 Å². The lowest BCUT2D eigenvalue weighted by molar-refractivity contribution is -0.132. The van der Waals surface area contributed by atoms with Crippen molar-refractivity contribution in [2.24, 2.45) is 0 Å². The third-order valence-electron chi connectivity index (χ3n) is 6.97. The second-order valence-electron chi connectivity index (χ2n) is 9.87. The van der Waals surface area contributed by atoms with Gasteiger partial charge in [0.05, 0.1) is 17.3 Å². The normalized spacial score (nSPS) is 14.3. The standard InChI is InChI=1S/C29H31ClFN5O2/c1-20-8-15-36(33-20)19-28(38)35(12-9-21-2-6-25(31)7-3-21)18-23-16-22-4-5-24(30)17-27(22)32-29(23)34-13-10-26(37)11-14-34/h2-8,15-17,26,37H,9-14,18-19H2,1H3. The third-order valence-corrected chi connectivity index (χ3v) is 7.20. The van der Waals surface area contributed by atoms with Crippen LogP contribution < -0.4 is 4.90 Å². The number of aliphatic hydroxyl groups is 1. The number of piperidine rings is 1. The number of carbonyl (C=O) groups excluding carboxylic acids is 1. The SMILES string of the molecule is Cc1ccn(CC(=O)N(CCc2ccc(F)cc2)Cc2cc3ccc(Cl)cc3nc2N2CCC(O)CC2)n1. The van der Waals surface area contributed by atoms with Crippen LogP contribution in [0.1, 0.15) is 29.7 Å². The number of halogens is 2. The molecular weight excluding hydrogens is 505 g/mol. The highest BCUT2D eigenvalue weighted by molar-refractivity contribution is 6.31. The van der Waals surface area contributed by atoms with E-state index in [-0.39, 0.29) is 24.4 Å². The second-order valence-corrected chi connectivity index (χ2v) is 10.3. The van der Waals surface area contributed by atoms with E-state index in [1.54, 1.807) is 23.0 Å². The molecule has 7 nitrogen and oxygen atoms in total. The molecule has 1 saturated heterocycles. The number of carbonyl (C=O) groups is 1. The Labute approximate surface area is 226 Å². The largest absolute Gasteiger partial charge is 0.393 e. The summed E-state index contributed by atoms with van der Waals surface area (Å²) < 4.78 is 15.1. The summed E-state index contributed by atoms with van der Waals surface area (Å²) in [5.74, 6) is 0.460. The van der Waals surface area contributed by atoms with Crippen LogP contribution in [0.15, 0.2) is 60.8 Å². The molecule has 0 saturated carbocycles. The molecule has 1 fully saturated rings. The molecule has 9 heteroatoms. The van der Waals surface area contributed by atoms with Crippen molar-refractivity contribution < 1.29 is 14.3 Å². The van der Waals surface area contributed by atoms with Gasteiger partial charge in [0, 0.05) is 48.3 Å². The Morgan fingerprint density at radius 2 is 1.89 bits per heavy atom. The van der Waals surface area contributed by atoms with Crippen LogP contribution >= 0.6 is 11.6 Å². The average molecular weight is 536 g/mol. The van der Waals surface area contributed by atoms with Gasteiger partial charge in [0.2, 0.25) is 5.91 Å². The zero-order valence-electron chi connectivity index (χ0n) is 21.4. The molecule has 198 valence electrons. The van der Waals surface area contributed by atoms with Crippen molar-refractivity contribution in [1.29, 1.82) is 0 Å². The van der Waals surface area contributed by atoms with Gasteiger partial charge in [0.1, 0.15) is 18.2 Å². The maximum atomic E-state index is 13.6. The van der Waals surface area contributed by atoms with E-state index < -0.39 is 0 Å². The summed E-state index contributed by atoms with van der Waals surface area (Å²) in [7, 11) is 0. The summed E-state index contributed by atoms with van der Waals surface area (Å²) in [4.78, 5) is 22.5. The molecule has 4 aromatic rings. The van der Waals surface area contributed by atoms with Crippen molar-refractivity contribution in [1.82, 2.24) is 19.7 Å². The molecule has 3 heterocycles. The number of aromatic nitrogens is 3. The quantitative estimate of drug-likeness (QED) is 0.352. The van der Waals surface area contributed by atoms with Crippen molar-refractivity contribution >= 4 is 34.2 Å². The highest BCUT2D eigenvalue weighted by Gasteiger charge is 2.24. The van der Waals surface area contributed by atoms with Crippen molar-refractivity contribution in [2.75, 3.05) is 24.5 Å². The van der Waals surface area contributed by atoms with E-state index >= 15 is 0 Å². The fraction of sp³-hybridized carbons (Fsp3) is 0.345. The summed E-state index contributed by atoms with van der Waals surface area (Å²) >= 11 is 6.26. The summed E-state index contributed by atoms with van der Waals surface area (Å²) in [5, 5.41) is 16.0. The lowest BCUT2D eigenvalue weighted by atomic mass is 10.1. The Morgan fingerprint density at radius 3 is 2.61 bits per heavy atom. The molecular formula is C29H31ClFN5O2. The first kappa shape index (κ1) is 26.1. The van der Waals surface area contributed by atoms with Crippen molar-refractivity contribution in [3.8, 4) is 0 Å². The van der Waals surface area contributed by atoms with Crippen LogP contribution in [-0.4, -0.2) is 56.4 Å². The number of aliphatic hydroxyl groups excluding tert-OH is 1. The summed E-state index contributed by atoms with van der Waals surface area (Å²) in [6.45, 7) is 4.20. The summed E-state index contributed by atoms with van der Waals surface area (Å²) in [5.41, 5.74) is 3.53. The number of pyridine rings is 1. The number of aryl methyl sites for hydroxylation is 1. The molecule has 0 spiro atoms. The van der Waals surface area contributed by atoms with Gasteiger partial charge in [-0.3, -0.25) is 9.48 Å². The van der Waals surface area contributed by atoms with Gasteiger partial charge in [0.15, 0.2) is 0 Å². The van der Waals surface area contributed by atoms with E-state index in [4.69, 9.17) is 16.6 Å². The van der Waals surface area contributed by atoms with Gasteiger partial charge in [-0.25, -0.2) is 9.37 Å². The topological polar surface area (TPSA) is 74.5 Å². The molecule has 0 radical (unpaired) electrons. The number of rotatable bonds is 8. The molecule has 38 heavy (non-hydrogen) atoms. The molecule has 1 N–H and O–H groups in total. The van der Waals surface area contributed by atoms with E-state index in [0.717, 1.165) is 33.5 Å². The molecule has 1 aliphatic rings. The molecule has 5 rings (SSSR count). The lowest BCUT2D eigenvalue weighted by Crippen LogP contribution is -2.39. The van der Waals surface area contributed by atoms with Crippen molar-refractivity contribution in [2.45, 2.75) is 45.4 Å². The molecule has 2 aromatic heterocycles. The molecule has 1 amide bonds. The average Bonchev–Trinajstić information content (AvgIpc) is 3.31. The van der Waals surface area contributed by atoms with E-state index in [0.29, 0.717) is 50.5 Å². The minimum absolute atomic E-state index is 0.0635. The lowest BCUT2D eigenvalue weighted by Gasteiger charge is -2.33. The Bertz CT molecular complexity index is 1420. The zero-order valence-corrected chi connectivity index (χ0v) is 22.1. The molecule has 0 aliphatic carbocycles. The Morgan fingerprint density at radius 1 is 1.13 bits per heavy atom. The number of anilines is 1. The predicted octanol–water partition coefficient (Wildman–Crippen LogP) is 4.76. The van der Waals surface area contributed by atoms with Crippen LogP contribution in [0, 0.1) is 12.7 Å². The number of fused-ring (bicyclic) bond motifs is 1. The first-order valence-electron chi connectivity index (χ1n) is 12.9. The van der Waals surface area contributed by atoms with E-state index in [1.165, 1.54) is 12.1 Å². The number of hydrogen-bond acceptors (Lipinski definition) is 5. The van der Waals surface area contributed by atoms with Crippen molar-refractivity contribution in [3.05, 3.63) is 88.5 Å². The van der Waals surface area contributed by atoms with E-state index in [9.17, 15) is 14.3 Å². The monoisotopic (exact) mass is 535 g/mol. The van der Waals surface area contributed by atoms with Crippen LogP contribution in [0.5, 0.6) is 0 Å². The predicted molar refractivity (Wildman–Crippen MR) is 147 cm³/mol. The first-order valence-corrected chi connectivity index (χ1v) is 13.3. The van der Waals surface area contributed by atoms with E-state index in [2.05, 4.69) is 16.1 Å². The third kappa shape index (κ3) is 6.31. The second kappa shape index (κ2) is 11.5. The van der Waals surface area contributed by atoms with Gasteiger partial charge in [-0.2, -0.15) is 5.10 Å². The van der Waals surface area contributed by atoms with Gasteiger partial charge in [-0.15, -0.1) is 0 Å². The smallest absolute Gasteiger partial charge is 0.244 e. The van der Waals surface area contributed by atoms with E-state index in [1.807, 2.05) is 36.1 Å². The van der Waals surface area contributed by atoms with Crippen LogP contribution in [0.4, 0.5) is 10.2 Å².